The second-order valence-corrected chi connectivity index (χ2v) is 4.62. The van der Waals surface area contributed by atoms with Crippen LogP contribution in [0.2, 0.25) is 0 Å². The summed E-state index contributed by atoms with van der Waals surface area (Å²) in [7, 11) is 0. The molecule has 1 atom stereocenters. The number of nitrogens with zero attached hydrogens (tertiary/aromatic N) is 2. The maximum absolute atomic E-state index is 12.1. The van der Waals surface area contributed by atoms with Crippen LogP contribution in [0.3, 0.4) is 0 Å². The molecule has 0 radical (unpaired) electrons. The molecule has 2 N–H and O–H groups in total. The van der Waals surface area contributed by atoms with Gasteiger partial charge in [0.15, 0.2) is 0 Å². The molecular formula is C12H22N2O4. The van der Waals surface area contributed by atoms with Crippen LogP contribution in [0.1, 0.15) is 26.2 Å². The van der Waals surface area contributed by atoms with E-state index < -0.39 is 5.97 Å². The van der Waals surface area contributed by atoms with Gasteiger partial charge in [0.25, 0.3) is 0 Å². The predicted octanol–water partition coefficient (Wildman–Crippen LogP) is 0.607. The van der Waals surface area contributed by atoms with E-state index in [0.717, 1.165) is 6.42 Å². The van der Waals surface area contributed by atoms with Gasteiger partial charge < -0.3 is 20.0 Å². The first-order valence-electron chi connectivity index (χ1n) is 6.45. The Morgan fingerprint density at radius 2 is 2.17 bits per heavy atom. The zero-order valence-corrected chi connectivity index (χ0v) is 10.8. The number of aliphatic carboxylic acids is 1. The molecular weight excluding hydrogens is 236 g/mol. The van der Waals surface area contributed by atoms with E-state index in [1.54, 1.807) is 9.80 Å². The Labute approximate surface area is 107 Å². The Kier molecular flexibility index (Phi) is 5.91. The number of hydrogen-bond donors (Lipinski definition) is 2. The van der Waals surface area contributed by atoms with Crippen molar-refractivity contribution in [3.8, 4) is 0 Å². The molecule has 1 aliphatic rings. The highest BCUT2D eigenvalue weighted by atomic mass is 16.4. The van der Waals surface area contributed by atoms with Gasteiger partial charge in [0.1, 0.15) is 0 Å². The summed E-state index contributed by atoms with van der Waals surface area (Å²) in [5.74, 6) is -0.492. The van der Waals surface area contributed by atoms with Crippen molar-refractivity contribution in [2.24, 2.45) is 5.92 Å². The number of rotatable bonds is 6. The summed E-state index contributed by atoms with van der Waals surface area (Å²) in [5, 5.41) is 17.5. The van der Waals surface area contributed by atoms with Crippen LogP contribution in [0.4, 0.5) is 4.79 Å². The predicted molar refractivity (Wildman–Crippen MR) is 66.3 cm³/mol. The number of urea groups is 1. The van der Waals surface area contributed by atoms with Crippen molar-refractivity contribution in [1.82, 2.24) is 9.80 Å². The average molecular weight is 258 g/mol. The largest absolute Gasteiger partial charge is 0.481 e. The smallest absolute Gasteiger partial charge is 0.320 e. The van der Waals surface area contributed by atoms with Gasteiger partial charge in [-0.1, -0.05) is 0 Å². The van der Waals surface area contributed by atoms with Crippen LogP contribution in [0.25, 0.3) is 0 Å². The molecule has 0 spiro atoms. The molecule has 1 saturated heterocycles. The van der Waals surface area contributed by atoms with Gasteiger partial charge in [0.2, 0.25) is 0 Å². The Balaban J connectivity index is 2.40. The molecule has 1 heterocycles. The Bertz CT molecular complexity index is 296. The van der Waals surface area contributed by atoms with Gasteiger partial charge in [-0.25, -0.2) is 4.79 Å². The maximum atomic E-state index is 12.1. The molecule has 0 aromatic heterocycles. The highest BCUT2D eigenvalue weighted by molar-refractivity contribution is 5.74. The molecule has 2 amide bonds. The fourth-order valence-electron chi connectivity index (χ4n) is 2.28. The van der Waals surface area contributed by atoms with Crippen LogP contribution in [-0.4, -0.2) is 64.8 Å². The number of likely N-dealkylation sites (tertiary alicyclic amines) is 1. The zero-order chi connectivity index (χ0) is 13.5. The Morgan fingerprint density at radius 1 is 1.44 bits per heavy atom. The van der Waals surface area contributed by atoms with Gasteiger partial charge in [-0.05, 0) is 25.7 Å². The minimum absolute atomic E-state index is 0.0319. The molecule has 1 unspecified atom stereocenters. The molecule has 104 valence electrons. The van der Waals surface area contributed by atoms with Crippen molar-refractivity contribution >= 4 is 12.0 Å². The first kappa shape index (κ1) is 14.8. The lowest BCUT2D eigenvalue weighted by Gasteiger charge is -2.26. The normalized spacial score (nSPS) is 19.0. The standard InChI is InChI=1S/C12H22N2O4/c1-2-13(7-8-15)12(18)14-6-5-10(9-14)3-4-11(16)17/h10,15H,2-9H2,1H3,(H,16,17). The lowest BCUT2D eigenvalue weighted by atomic mass is 10.0. The van der Waals surface area contributed by atoms with E-state index in [1.165, 1.54) is 0 Å². The number of likely N-dealkylation sites (N-methyl/N-ethyl adjacent to an activating group) is 1. The summed E-state index contributed by atoms with van der Waals surface area (Å²) < 4.78 is 0. The minimum atomic E-state index is -0.782. The maximum Gasteiger partial charge on any atom is 0.320 e. The molecule has 6 nitrogen and oxygen atoms in total. The van der Waals surface area contributed by atoms with E-state index in [0.29, 0.717) is 32.6 Å². The molecule has 1 fully saturated rings. The lowest BCUT2D eigenvalue weighted by molar-refractivity contribution is -0.137. The first-order chi connectivity index (χ1) is 8.58. The van der Waals surface area contributed by atoms with Crippen LogP contribution in [0.15, 0.2) is 0 Å². The second-order valence-electron chi connectivity index (χ2n) is 4.62. The third kappa shape index (κ3) is 4.18. The SMILES string of the molecule is CCN(CCO)C(=O)N1CCC(CCC(=O)O)C1. The zero-order valence-electron chi connectivity index (χ0n) is 10.8. The van der Waals surface area contributed by atoms with Crippen molar-refractivity contribution in [3.05, 3.63) is 0 Å². The monoisotopic (exact) mass is 258 g/mol. The second kappa shape index (κ2) is 7.20. The number of amides is 2. The van der Waals surface area contributed by atoms with Crippen LogP contribution >= 0.6 is 0 Å². The van der Waals surface area contributed by atoms with E-state index in [1.807, 2.05) is 6.92 Å². The molecule has 1 rings (SSSR count). The van der Waals surface area contributed by atoms with Crippen molar-refractivity contribution in [1.29, 1.82) is 0 Å². The summed E-state index contributed by atoms with van der Waals surface area (Å²) in [6.07, 6.45) is 1.67. The van der Waals surface area contributed by atoms with Gasteiger partial charge in [0.05, 0.1) is 6.61 Å². The highest BCUT2D eigenvalue weighted by Gasteiger charge is 2.28. The summed E-state index contributed by atoms with van der Waals surface area (Å²) in [4.78, 5) is 25.9. The Morgan fingerprint density at radius 3 is 2.72 bits per heavy atom. The van der Waals surface area contributed by atoms with E-state index >= 15 is 0 Å². The van der Waals surface area contributed by atoms with Crippen molar-refractivity contribution in [3.63, 3.8) is 0 Å². The molecule has 6 heteroatoms. The number of carbonyl (C=O) groups is 2. The molecule has 0 aliphatic carbocycles. The van der Waals surface area contributed by atoms with Gasteiger partial charge >= 0.3 is 12.0 Å². The van der Waals surface area contributed by atoms with Crippen LogP contribution in [0, 0.1) is 5.92 Å². The fraction of sp³-hybridized carbons (Fsp3) is 0.833. The molecule has 18 heavy (non-hydrogen) atoms. The topological polar surface area (TPSA) is 81.1 Å². The van der Waals surface area contributed by atoms with Gasteiger partial charge in [0, 0.05) is 32.6 Å². The number of hydrogen-bond acceptors (Lipinski definition) is 3. The molecule has 0 aromatic carbocycles. The third-order valence-electron chi connectivity index (χ3n) is 3.34. The fourth-order valence-corrected chi connectivity index (χ4v) is 2.28. The summed E-state index contributed by atoms with van der Waals surface area (Å²) in [6, 6.07) is -0.0515. The van der Waals surface area contributed by atoms with Crippen LogP contribution in [-0.2, 0) is 4.79 Å². The van der Waals surface area contributed by atoms with E-state index in [-0.39, 0.29) is 25.0 Å². The molecule has 1 aliphatic heterocycles. The molecule has 0 aromatic rings. The molecule has 0 saturated carbocycles. The minimum Gasteiger partial charge on any atom is -0.481 e. The van der Waals surface area contributed by atoms with Crippen molar-refractivity contribution < 1.29 is 19.8 Å². The van der Waals surface area contributed by atoms with Gasteiger partial charge in [-0.3, -0.25) is 4.79 Å². The third-order valence-corrected chi connectivity index (χ3v) is 3.34. The Hall–Kier alpha value is -1.30. The number of carbonyl (C=O) groups excluding carboxylic acids is 1. The lowest BCUT2D eigenvalue weighted by Crippen LogP contribution is -2.43. The van der Waals surface area contributed by atoms with Gasteiger partial charge in [-0.15, -0.1) is 0 Å². The number of aliphatic hydroxyl groups is 1. The number of carboxylic acid groups (broad SMARTS) is 1. The van der Waals surface area contributed by atoms with Crippen LogP contribution < -0.4 is 0 Å². The summed E-state index contributed by atoms with van der Waals surface area (Å²) >= 11 is 0. The van der Waals surface area contributed by atoms with Gasteiger partial charge in [-0.2, -0.15) is 0 Å². The van der Waals surface area contributed by atoms with E-state index in [9.17, 15) is 9.59 Å². The quantitative estimate of drug-likeness (QED) is 0.731. The summed E-state index contributed by atoms with van der Waals surface area (Å²) in [5.41, 5.74) is 0. The average Bonchev–Trinajstić information content (AvgIpc) is 2.81. The number of carboxylic acids is 1. The van der Waals surface area contributed by atoms with Crippen molar-refractivity contribution in [2.45, 2.75) is 26.2 Å². The van der Waals surface area contributed by atoms with E-state index in [2.05, 4.69) is 0 Å². The first-order valence-corrected chi connectivity index (χ1v) is 6.45. The van der Waals surface area contributed by atoms with Crippen molar-refractivity contribution in [2.75, 3.05) is 32.8 Å². The number of aliphatic hydroxyl groups excluding tert-OH is 1. The molecule has 0 bridgehead atoms. The summed E-state index contributed by atoms with van der Waals surface area (Å²) in [6.45, 7) is 4.10. The highest BCUT2D eigenvalue weighted by Crippen LogP contribution is 2.22. The van der Waals surface area contributed by atoms with E-state index in [4.69, 9.17) is 10.2 Å². The van der Waals surface area contributed by atoms with Crippen LogP contribution in [0.5, 0.6) is 0 Å².